The van der Waals surface area contributed by atoms with E-state index in [2.05, 4.69) is 58.9 Å². The highest BCUT2D eigenvalue weighted by molar-refractivity contribution is 9.10. The Bertz CT molecular complexity index is 585. The van der Waals surface area contributed by atoms with Crippen LogP contribution >= 0.6 is 15.9 Å². The summed E-state index contributed by atoms with van der Waals surface area (Å²) in [5.74, 6) is 0. The first kappa shape index (κ1) is 16.1. The Hall–Kier alpha value is -1.32. The molecule has 1 atom stereocenters. The van der Waals surface area contributed by atoms with Gasteiger partial charge < -0.3 is 10.0 Å². The van der Waals surface area contributed by atoms with Crippen LogP contribution in [0.5, 0.6) is 0 Å². The topological polar surface area (TPSA) is 23.5 Å². The molecule has 0 aromatic heterocycles. The summed E-state index contributed by atoms with van der Waals surface area (Å²) in [6, 6.07) is 16.4. The van der Waals surface area contributed by atoms with E-state index < -0.39 is 6.10 Å². The maximum Gasteiger partial charge on any atom is 0.0817 e. The van der Waals surface area contributed by atoms with Gasteiger partial charge in [-0.1, -0.05) is 46.3 Å². The Kier molecular flexibility index (Phi) is 5.83. The van der Waals surface area contributed by atoms with Crippen molar-refractivity contribution in [3.8, 4) is 0 Å². The zero-order valence-corrected chi connectivity index (χ0v) is 14.2. The first-order valence-corrected chi connectivity index (χ1v) is 8.15. The van der Waals surface area contributed by atoms with Gasteiger partial charge >= 0.3 is 0 Å². The SMILES string of the molecule is CCN(CCC(O)c1ccccc1Br)c1cccc(C)c1. The molecule has 0 bridgehead atoms. The van der Waals surface area contributed by atoms with E-state index >= 15 is 0 Å². The zero-order chi connectivity index (χ0) is 15.2. The molecule has 2 rings (SSSR count). The molecule has 0 heterocycles. The van der Waals surface area contributed by atoms with E-state index in [-0.39, 0.29) is 0 Å². The lowest BCUT2D eigenvalue weighted by molar-refractivity contribution is 0.168. The lowest BCUT2D eigenvalue weighted by Crippen LogP contribution is -2.25. The van der Waals surface area contributed by atoms with Crippen LogP contribution in [-0.2, 0) is 0 Å². The van der Waals surface area contributed by atoms with Crippen molar-refractivity contribution in [1.29, 1.82) is 0 Å². The Labute approximate surface area is 135 Å². The molecule has 21 heavy (non-hydrogen) atoms. The highest BCUT2D eigenvalue weighted by atomic mass is 79.9. The molecule has 1 unspecified atom stereocenters. The lowest BCUT2D eigenvalue weighted by atomic mass is 10.1. The molecule has 0 saturated carbocycles. The maximum atomic E-state index is 10.4. The summed E-state index contributed by atoms with van der Waals surface area (Å²) in [4.78, 5) is 2.30. The van der Waals surface area contributed by atoms with Crippen molar-refractivity contribution < 1.29 is 5.11 Å². The summed E-state index contributed by atoms with van der Waals surface area (Å²) in [5.41, 5.74) is 3.44. The third-order valence-corrected chi connectivity index (χ3v) is 4.41. The third-order valence-electron chi connectivity index (χ3n) is 3.69. The predicted octanol–water partition coefficient (Wildman–Crippen LogP) is 4.71. The van der Waals surface area contributed by atoms with Crippen LogP contribution in [0, 0.1) is 6.92 Å². The highest BCUT2D eigenvalue weighted by Crippen LogP contribution is 2.26. The summed E-state index contributed by atoms with van der Waals surface area (Å²) < 4.78 is 0.969. The van der Waals surface area contributed by atoms with Gasteiger partial charge in [0.1, 0.15) is 0 Å². The van der Waals surface area contributed by atoms with Crippen LogP contribution in [0.15, 0.2) is 53.0 Å². The van der Waals surface area contributed by atoms with Crippen LogP contribution in [0.25, 0.3) is 0 Å². The maximum absolute atomic E-state index is 10.4. The van der Waals surface area contributed by atoms with Crippen molar-refractivity contribution in [2.75, 3.05) is 18.0 Å². The molecular weight excluding hydrogens is 326 g/mol. The minimum Gasteiger partial charge on any atom is -0.388 e. The quantitative estimate of drug-likeness (QED) is 0.817. The molecule has 3 heteroatoms. The fourth-order valence-electron chi connectivity index (χ4n) is 2.47. The van der Waals surface area contributed by atoms with Gasteiger partial charge in [-0.25, -0.2) is 0 Å². The number of halogens is 1. The van der Waals surface area contributed by atoms with Gasteiger partial charge in [0.15, 0.2) is 0 Å². The van der Waals surface area contributed by atoms with E-state index in [1.165, 1.54) is 11.3 Å². The molecule has 0 fully saturated rings. The number of aliphatic hydroxyl groups is 1. The minimum absolute atomic E-state index is 0.445. The number of benzene rings is 2. The van der Waals surface area contributed by atoms with Gasteiger partial charge in [0.2, 0.25) is 0 Å². The van der Waals surface area contributed by atoms with E-state index in [0.717, 1.165) is 23.1 Å². The van der Waals surface area contributed by atoms with Crippen molar-refractivity contribution in [3.63, 3.8) is 0 Å². The average molecular weight is 348 g/mol. The molecule has 2 aromatic carbocycles. The van der Waals surface area contributed by atoms with Crippen LogP contribution < -0.4 is 4.90 Å². The van der Waals surface area contributed by atoms with E-state index in [9.17, 15) is 5.11 Å². The van der Waals surface area contributed by atoms with Gasteiger partial charge in [-0.3, -0.25) is 0 Å². The summed E-state index contributed by atoms with van der Waals surface area (Å²) in [7, 11) is 0. The van der Waals surface area contributed by atoms with Gasteiger partial charge in [0, 0.05) is 23.2 Å². The smallest absolute Gasteiger partial charge is 0.0817 e. The second-order valence-electron chi connectivity index (χ2n) is 5.24. The molecule has 112 valence electrons. The Balaban J connectivity index is 2.02. The van der Waals surface area contributed by atoms with E-state index in [0.29, 0.717) is 6.42 Å². The molecule has 0 amide bonds. The molecular formula is C18H22BrNO. The fraction of sp³-hybridized carbons (Fsp3) is 0.333. The molecule has 0 aliphatic rings. The van der Waals surface area contributed by atoms with Gasteiger partial charge in [0.25, 0.3) is 0 Å². The summed E-state index contributed by atoms with van der Waals surface area (Å²) in [6.07, 6.45) is 0.268. The van der Waals surface area contributed by atoms with Crippen molar-refractivity contribution in [2.45, 2.75) is 26.4 Å². The first-order chi connectivity index (χ1) is 10.1. The molecule has 0 aliphatic carbocycles. The molecule has 1 N–H and O–H groups in total. The molecule has 0 spiro atoms. The molecule has 2 aromatic rings. The van der Waals surface area contributed by atoms with E-state index in [4.69, 9.17) is 0 Å². The first-order valence-electron chi connectivity index (χ1n) is 7.36. The van der Waals surface area contributed by atoms with Crippen molar-refractivity contribution in [3.05, 3.63) is 64.1 Å². The number of aryl methyl sites for hydroxylation is 1. The molecule has 0 saturated heterocycles. The number of nitrogens with zero attached hydrogens (tertiary/aromatic N) is 1. The standard InChI is InChI=1S/C18H22BrNO/c1-3-20(15-8-6-7-14(2)13-15)12-11-18(21)16-9-4-5-10-17(16)19/h4-10,13,18,21H,3,11-12H2,1-2H3. The van der Waals surface area contributed by atoms with Crippen LogP contribution in [0.2, 0.25) is 0 Å². The van der Waals surface area contributed by atoms with Crippen LogP contribution in [0.4, 0.5) is 5.69 Å². The normalized spacial score (nSPS) is 12.2. The van der Waals surface area contributed by atoms with Crippen molar-refractivity contribution in [1.82, 2.24) is 0 Å². The Morgan fingerprint density at radius 3 is 2.57 bits per heavy atom. The van der Waals surface area contributed by atoms with Crippen LogP contribution in [0.1, 0.15) is 30.6 Å². The second kappa shape index (κ2) is 7.62. The van der Waals surface area contributed by atoms with Crippen LogP contribution in [0.3, 0.4) is 0 Å². The fourth-order valence-corrected chi connectivity index (χ4v) is 3.02. The van der Waals surface area contributed by atoms with Gasteiger partial charge in [-0.05, 0) is 49.6 Å². The lowest BCUT2D eigenvalue weighted by Gasteiger charge is -2.25. The zero-order valence-electron chi connectivity index (χ0n) is 12.6. The monoisotopic (exact) mass is 347 g/mol. The minimum atomic E-state index is -0.445. The Morgan fingerprint density at radius 2 is 1.90 bits per heavy atom. The van der Waals surface area contributed by atoms with Gasteiger partial charge in [-0.15, -0.1) is 0 Å². The number of hydrogen-bond donors (Lipinski definition) is 1. The van der Waals surface area contributed by atoms with E-state index in [1.807, 2.05) is 24.3 Å². The number of aliphatic hydroxyl groups excluding tert-OH is 1. The largest absolute Gasteiger partial charge is 0.388 e. The number of rotatable bonds is 6. The molecule has 0 radical (unpaired) electrons. The molecule has 2 nitrogen and oxygen atoms in total. The highest BCUT2D eigenvalue weighted by Gasteiger charge is 2.13. The molecule has 0 aliphatic heterocycles. The van der Waals surface area contributed by atoms with Crippen molar-refractivity contribution >= 4 is 21.6 Å². The van der Waals surface area contributed by atoms with E-state index in [1.54, 1.807) is 0 Å². The summed E-state index contributed by atoms with van der Waals surface area (Å²) in [5, 5.41) is 10.4. The summed E-state index contributed by atoms with van der Waals surface area (Å²) in [6.45, 7) is 6.02. The van der Waals surface area contributed by atoms with Gasteiger partial charge in [0.05, 0.1) is 6.10 Å². The average Bonchev–Trinajstić information content (AvgIpc) is 2.48. The van der Waals surface area contributed by atoms with Crippen LogP contribution in [-0.4, -0.2) is 18.2 Å². The third kappa shape index (κ3) is 4.32. The number of anilines is 1. The van der Waals surface area contributed by atoms with Gasteiger partial charge in [-0.2, -0.15) is 0 Å². The summed E-state index contributed by atoms with van der Waals surface area (Å²) >= 11 is 3.50. The predicted molar refractivity (Wildman–Crippen MR) is 92.8 cm³/mol. The second-order valence-corrected chi connectivity index (χ2v) is 6.10. The number of hydrogen-bond acceptors (Lipinski definition) is 2. The Morgan fingerprint density at radius 1 is 1.14 bits per heavy atom. The van der Waals surface area contributed by atoms with Crippen molar-refractivity contribution in [2.24, 2.45) is 0 Å².